The van der Waals surface area contributed by atoms with E-state index >= 15 is 0 Å². The second-order valence-electron chi connectivity index (χ2n) is 4.58. The number of aromatic nitrogens is 1. The molecule has 0 aliphatic carbocycles. The van der Waals surface area contributed by atoms with Crippen LogP contribution in [0, 0.1) is 19.7 Å². The van der Waals surface area contributed by atoms with Gasteiger partial charge in [0, 0.05) is 4.88 Å². The molecule has 0 radical (unpaired) electrons. The Hall–Kier alpha value is -1.95. The number of nitrogens with zero attached hydrogens (tertiary/aromatic N) is 1. The molecule has 1 atom stereocenters. The van der Waals surface area contributed by atoms with Crippen molar-refractivity contribution in [3.8, 4) is 0 Å². The highest BCUT2D eigenvalue weighted by Crippen LogP contribution is 2.25. The van der Waals surface area contributed by atoms with Gasteiger partial charge in [-0.15, -0.1) is 11.3 Å². The van der Waals surface area contributed by atoms with Crippen molar-refractivity contribution in [2.75, 3.05) is 5.73 Å². The molecule has 0 saturated carbocycles. The lowest BCUT2D eigenvalue weighted by atomic mass is 10.1. The molecule has 1 unspecified atom stereocenters. The zero-order valence-corrected chi connectivity index (χ0v) is 12.3. The van der Waals surface area contributed by atoms with E-state index < -0.39 is 5.82 Å². The fourth-order valence-electron chi connectivity index (χ4n) is 2.02. The summed E-state index contributed by atoms with van der Waals surface area (Å²) in [5.74, 6) is -0.977. The van der Waals surface area contributed by atoms with E-state index in [0.29, 0.717) is 0 Å². The fraction of sp³-hybridized carbons (Fsp3) is 0.286. The topological polar surface area (TPSA) is 68.0 Å². The highest BCUT2D eigenvalue weighted by Gasteiger charge is 2.18. The predicted molar refractivity (Wildman–Crippen MR) is 78.3 cm³/mol. The molecule has 0 bridgehead atoms. The number of nitrogen functional groups attached to an aromatic ring is 1. The maximum absolute atomic E-state index is 13.4. The van der Waals surface area contributed by atoms with E-state index in [1.807, 2.05) is 20.8 Å². The minimum Gasteiger partial charge on any atom is -0.396 e. The molecular weight excluding hydrogens is 277 g/mol. The number of nitrogens with two attached hydrogens (primary N) is 1. The standard InChI is InChI=1S/C14H16FN3OS/c1-7-13(20-9(3)17-7)8(2)18-14(19)10-5-4-6-11(15)12(10)16/h4-6,8H,16H2,1-3H3,(H,18,19). The molecule has 6 heteroatoms. The Morgan fingerprint density at radius 1 is 1.45 bits per heavy atom. The summed E-state index contributed by atoms with van der Waals surface area (Å²) in [6.07, 6.45) is 0. The summed E-state index contributed by atoms with van der Waals surface area (Å²) >= 11 is 1.54. The molecule has 1 heterocycles. The first kappa shape index (κ1) is 14.5. The van der Waals surface area contributed by atoms with E-state index in [1.54, 1.807) is 0 Å². The van der Waals surface area contributed by atoms with Crippen LogP contribution in [0.5, 0.6) is 0 Å². The predicted octanol–water partition coefficient (Wildman–Crippen LogP) is 2.97. The number of halogens is 1. The average Bonchev–Trinajstić information content (AvgIpc) is 2.71. The SMILES string of the molecule is Cc1nc(C)c(C(C)NC(=O)c2cccc(F)c2N)s1. The Bertz CT molecular complexity index is 654. The van der Waals surface area contributed by atoms with Crippen LogP contribution >= 0.6 is 11.3 Å². The summed E-state index contributed by atoms with van der Waals surface area (Å²) < 4.78 is 13.4. The molecule has 0 aliphatic rings. The third-order valence-corrected chi connectivity index (χ3v) is 4.23. The maximum Gasteiger partial charge on any atom is 0.253 e. The lowest BCUT2D eigenvalue weighted by Gasteiger charge is -2.14. The van der Waals surface area contributed by atoms with Crippen LogP contribution in [0.3, 0.4) is 0 Å². The Balaban J connectivity index is 2.19. The zero-order chi connectivity index (χ0) is 14.9. The molecule has 1 aromatic heterocycles. The van der Waals surface area contributed by atoms with Crippen molar-refractivity contribution in [3.63, 3.8) is 0 Å². The molecule has 4 nitrogen and oxygen atoms in total. The van der Waals surface area contributed by atoms with Gasteiger partial charge >= 0.3 is 0 Å². The summed E-state index contributed by atoms with van der Waals surface area (Å²) in [7, 11) is 0. The number of carbonyl (C=O) groups is 1. The number of amides is 1. The molecule has 1 aromatic carbocycles. The fourth-order valence-corrected chi connectivity index (χ4v) is 2.95. The van der Waals surface area contributed by atoms with E-state index in [2.05, 4.69) is 10.3 Å². The maximum atomic E-state index is 13.4. The number of carbonyl (C=O) groups excluding carboxylic acids is 1. The number of aryl methyl sites for hydroxylation is 2. The molecule has 106 valence electrons. The molecule has 2 rings (SSSR count). The number of nitrogens with one attached hydrogen (secondary N) is 1. The molecule has 0 fully saturated rings. The van der Waals surface area contributed by atoms with Gasteiger partial charge in [0.05, 0.1) is 28.0 Å². The van der Waals surface area contributed by atoms with E-state index in [-0.39, 0.29) is 23.2 Å². The number of thiazole rings is 1. The number of anilines is 1. The van der Waals surface area contributed by atoms with Crippen molar-refractivity contribution in [2.45, 2.75) is 26.8 Å². The quantitative estimate of drug-likeness (QED) is 0.855. The lowest BCUT2D eigenvalue weighted by Crippen LogP contribution is -2.27. The molecular formula is C14H16FN3OS. The Morgan fingerprint density at radius 2 is 2.15 bits per heavy atom. The summed E-state index contributed by atoms with van der Waals surface area (Å²) in [6.45, 7) is 5.69. The van der Waals surface area contributed by atoms with Crippen molar-refractivity contribution >= 4 is 22.9 Å². The number of benzene rings is 1. The van der Waals surface area contributed by atoms with Gasteiger partial charge in [-0.05, 0) is 32.9 Å². The summed E-state index contributed by atoms with van der Waals surface area (Å²) in [5.41, 5.74) is 6.50. The van der Waals surface area contributed by atoms with E-state index in [4.69, 9.17) is 5.73 Å². The van der Waals surface area contributed by atoms with E-state index in [9.17, 15) is 9.18 Å². The molecule has 0 saturated heterocycles. The normalized spacial score (nSPS) is 12.2. The average molecular weight is 293 g/mol. The molecule has 20 heavy (non-hydrogen) atoms. The Morgan fingerprint density at radius 3 is 2.75 bits per heavy atom. The Kier molecular flexibility index (Phi) is 4.04. The summed E-state index contributed by atoms with van der Waals surface area (Å²) in [5, 5.41) is 3.77. The van der Waals surface area contributed by atoms with Gasteiger partial charge in [0.2, 0.25) is 0 Å². The highest BCUT2D eigenvalue weighted by atomic mass is 32.1. The van der Waals surface area contributed by atoms with Gasteiger partial charge in [0.25, 0.3) is 5.91 Å². The Labute approximate surface area is 120 Å². The van der Waals surface area contributed by atoms with Crippen molar-refractivity contribution in [2.24, 2.45) is 0 Å². The van der Waals surface area contributed by atoms with E-state index in [0.717, 1.165) is 15.6 Å². The number of hydrogen-bond acceptors (Lipinski definition) is 4. The third-order valence-electron chi connectivity index (χ3n) is 2.98. The van der Waals surface area contributed by atoms with Gasteiger partial charge < -0.3 is 11.1 Å². The largest absolute Gasteiger partial charge is 0.396 e. The van der Waals surface area contributed by atoms with Crippen molar-refractivity contribution in [1.82, 2.24) is 10.3 Å². The van der Waals surface area contributed by atoms with E-state index in [1.165, 1.54) is 29.5 Å². The van der Waals surface area contributed by atoms with Crippen LogP contribution in [0.15, 0.2) is 18.2 Å². The number of hydrogen-bond donors (Lipinski definition) is 2. The minimum atomic E-state index is -0.588. The highest BCUT2D eigenvalue weighted by molar-refractivity contribution is 7.11. The van der Waals surface area contributed by atoms with Gasteiger partial charge in [-0.25, -0.2) is 9.37 Å². The van der Waals surface area contributed by atoms with Crippen molar-refractivity contribution < 1.29 is 9.18 Å². The van der Waals surface area contributed by atoms with Crippen LogP contribution in [0.25, 0.3) is 0 Å². The van der Waals surface area contributed by atoms with Gasteiger partial charge in [-0.1, -0.05) is 6.07 Å². The summed E-state index contributed by atoms with van der Waals surface area (Å²) in [6, 6.07) is 4.00. The summed E-state index contributed by atoms with van der Waals surface area (Å²) in [4.78, 5) is 17.5. The van der Waals surface area contributed by atoms with Crippen molar-refractivity contribution in [3.05, 3.63) is 45.2 Å². The van der Waals surface area contributed by atoms with Gasteiger partial charge in [0.1, 0.15) is 5.82 Å². The molecule has 0 spiro atoms. The van der Waals surface area contributed by atoms with Crippen LogP contribution in [0.4, 0.5) is 10.1 Å². The second-order valence-corrected chi connectivity index (χ2v) is 5.81. The second kappa shape index (κ2) is 5.58. The molecule has 3 N–H and O–H groups in total. The van der Waals surface area contributed by atoms with Gasteiger partial charge in [0.15, 0.2) is 0 Å². The van der Waals surface area contributed by atoms with Crippen LogP contribution < -0.4 is 11.1 Å². The van der Waals surface area contributed by atoms with Gasteiger partial charge in [-0.3, -0.25) is 4.79 Å². The lowest BCUT2D eigenvalue weighted by molar-refractivity contribution is 0.0941. The van der Waals surface area contributed by atoms with Gasteiger partial charge in [-0.2, -0.15) is 0 Å². The molecule has 2 aromatic rings. The molecule has 1 amide bonds. The molecule has 0 aliphatic heterocycles. The zero-order valence-electron chi connectivity index (χ0n) is 11.5. The van der Waals surface area contributed by atoms with Crippen LogP contribution in [0.2, 0.25) is 0 Å². The third kappa shape index (κ3) is 2.80. The number of rotatable bonds is 3. The van der Waals surface area contributed by atoms with Crippen molar-refractivity contribution in [1.29, 1.82) is 0 Å². The first-order valence-corrected chi connectivity index (χ1v) is 7.00. The van der Waals surface area contributed by atoms with Crippen LogP contribution in [0.1, 0.15) is 38.9 Å². The monoisotopic (exact) mass is 293 g/mol. The smallest absolute Gasteiger partial charge is 0.253 e. The first-order chi connectivity index (χ1) is 9.40. The first-order valence-electron chi connectivity index (χ1n) is 6.19. The minimum absolute atomic E-state index is 0.130. The van der Waals surface area contributed by atoms with Crippen LogP contribution in [-0.4, -0.2) is 10.9 Å². The number of para-hydroxylation sites is 1. The van der Waals surface area contributed by atoms with Crippen LogP contribution in [-0.2, 0) is 0 Å².